The van der Waals surface area contributed by atoms with Crippen molar-refractivity contribution >= 4 is 10.8 Å². The minimum absolute atomic E-state index is 0.940. The minimum atomic E-state index is 0.940. The fourth-order valence-electron chi connectivity index (χ4n) is 2.84. The molecule has 0 saturated carbocycles. The summed E-state index contributed by atoms with van der Waals surface area (Å²) in [6.45, 7) is 2.27. The Balaban J connectivity index is 1.82. The lowest BCUT2D eigenvalue weighted by Crippen LogP contribution is -1.88. The Kier molecular flexibility index (Phi) is 6.59. The average molecular weight is 284 g/mol. The van der Waals surface area contributed by atoms with Crippen molar-refractivity contribution in [1.82, 2.24) is 0 Å². The number of fused-ring (bicyclic) bond motifs is 1. The molecule has 0 spiro atoms. The van der Waals surface area contributed by atoms with Crippen molar-refractivity contribution in [3.05, 3.63) is 42.0 Å². The molecule has 1 nitrogen and oxygen atoms in total. The molecule has 0 N–H and O–H groups in total. The number of benzene rings is 2. The van der Waals surface area contributed by atoms with Crippen molar-refractivity contribution in [2.24, 2.45) is 0 Å². The summed E-state index contributed by atoms with van der Waals surface area (Å²) in [6.07, 6.45) is 10.8. The molecule has 0 amide bonds. The Morgan fingerprint density at radius 1 is 0.762 bits per heavy atom. The molecule has 0 saturated heterocycles. The van der Waals surface area contributed by atoms with Gasteiger partial charge in [-0.2, -0.15) is 0 Å². The van der Waals surface area contributed by atoms with Crippen LogP contribution in [0.2, 0.25) is 0 Å². The molecule has 0 aliphatic heterocycles. The molecular weight excluding hydrogens is 256 g/mol. The summed E-state index contributed by atoms with van der Waals surface area (Å²) in [5.41, 5.74) is 1.45. The largest absolute Gasteiger partial charge is 0.497 e. The molecule has 0 aromatic heterocycles. The summed E-state index contributed by atoms with van der Waals surface area (Å²) in [5, 5.41) is 2.58. The van der Waals surface area contributed by atoms with Gasteiger partial charge in [-0.1, -0.05) is 69.7 Å². The summed E-state index contributed by atoms with van der Waals surface area (Å²) in [5.74, 6) is 0.940. The molecule has 0 fully saturated rings. The predicted molar refractivity (Wildman–Crippen MR) is 92.2 cm³/mol. The normalized spacial score (nSPS) is 11.0. The number of unbranched alkanes of at least 4 members (excludes halogenated alkanes) is 6. The molecule has 0 atom stereocenters. The Morgan fingerprint density at radius 2 is 1.48 bits per heavy atom. The first-order valence-electron chi connectivity index (χ1n) is 8.40. The van der Waals surface area contributed by atoms with Gasteiger partial charge in [0.25, 0.3) is 0 Å². The Morgan fingerprint density at radius 3 is 2.24 bits per heavy atom. The molecule has 2 aromatic carbocycles. The second-order valence-electron chi connectivity index (χ2n) is 5.92. The SMILES string of the molecule is CCCCCCCCCc1ccc2ccc(OC)cc2c1. The van der Waals surface area contributed by atoms with Gasteiger partial charge in [-0.3, -0.25) is 0 Å². The van der Waals surface area contributed by atoms with E-state index in [-0.39, 0.29) is 0 Å². The first-order valence-corrected chi connectivity index (χ1v) is 8.40. The lowest BCUT2D eigenvalue weighted by atomic mass is 10.0. The Bertz CT molecular complexity index is 545. The van der Waals surface area contributed by atoms with Gasteiger partial charge in [0.05, 0.1) is 7.11 Å². The van der Waals surface area contributed by atoms with Crippen LogP contribution in [0.15, 0.2) is 36.4 Å². The summed E-state index contributed by atoms with van der Waals surface area (Å²) in [7, 11) is 1.73. The fraction of sp³-hybridized carbons (Fsp3) is 0.500. The van der Waals surface area contributed by atoms with Crippen LogP contribution in [0.25, 0.3) is 10.8 Å². The van der Waals surface area contributed by atoms with Gasteiger partial charge in [0.15, 0.2) is 0 Å². The lowest BCUT2D eigenvalue weighted by Gasteiger charge is -2.06. The van der Waals surface area contributed by atoms with Crippen LogP contribution >= 0.6 is 0 Å². The summed E-state index contributed by atoms with van der Waals surface area (Å²) < 4.78 is 5.31. The summed E-state index contributed by atoms with van der Waals surface area (Å²) >= 11 is 0. The third-order valence-corrected chi connectivity index (χ3v) is 4.18. The van der Waals surface area contributed by atoms with Crippen molar-refractivity contribution < 1.29 is 4.74 Å². The van der Waals surface area contributed by atoms with Gasteiger partial charge in [0.1, 0.15) is 5.75 Å². The third-order valence-electron chi connectivity index (χ3n) is 4.18. The number of rotatable bonds is 9. The smallest absolute Gasteiger partial charge is 0.119 e. The van der Waals surface area contributed by atoms with E-state index in [2.05, 4.69) is 37.3 Å². The number of hydrogen-bond donors (Lipinski definition) is 0. The minimum Gasteiger partial charge on any atom is -0.497 e. The van der Waals surface area contributed by atoms with Gasteiger partial charge < -0.3 is 4.74 Å². The van der Waals surface area contributed by atoms with Crippen LogP contribution in [0.1, 0.15) is 57.4 Å². The zero-order chi connectivity index (χ0) is 14.9. The van der Waals surface area contributed by atoms with E-state index in [0.717, 1.165) is 5.75 Å². The Hall–Kier alpha value is -1.50. The molecule has 0 unspecified atom stereocenters. The molecule has 1 heteroatoms. The zero-order valence-electron chi connectivity index (χ0n) is 13.5. The molecule has 2 aromatic rings. The molecule has 114 valence electrons. The monoisotopic (exact) mass is 284 g/mol. The van der Waals surface area contributed by atoms with Gasteiger partial charge in [-0.15, -0.1) is 0 Å². The number of ether oxygens (including phenoxy) is 1. The Labute approximate surface area is 129 Å². The summed E-state index contributed by atoms with van der Waals surface area (Å²) in [6, 6.07) is 13.1. The molecule has 0 aliphatic carbocycles. The molecule has 0 aliphatic rings. The highest BCUT2D eigenvalue weighted by Crippen LogP contribution is 2.22. The van der Waals surface area contributed by atoms with Crippen molar-refractivity contribution in [3.63, 3.8) is 0 Å². The van der Waals surface area contributed by atoms with E-state index in [0.29, 0.717) is 0 Å². The van der Waals surface area contributed by atoms with Gasteiger partial charge in [0.2, 0.25) is 0 Å². The van der Waals surface area contributed by atoms with Crippen molar-refractivity contribution in [2.45, 2.75) is 58.3 Å². The van der Waals surface area contributed by atoms with Crippen LogP contribution in [0.5, 0.6) is 5.75 Å². The van der Waals surface area contributed by atoms with Crippen LogP contribution in [-0.2, 0) is 6.42 Å². The van der Waals surface area contributed by atoms with Crippen LogP contribution < -0.4 is 4.74 Å². The quantitative estimate of drug-likeness (QED) is 0.502. The summed E-state index contributed by atoms with van der Waals surface area (Å²) in [4.78, 5) is 0. The molecular formula is C20H28O. The maximum absolute atomic E-state index is 5.31. The first kappa shape index (κ1) is 15.9. The first-order chi connectivity index (χ1) is 10.3. The van der Waals surface area contributed by atoms with Gasteiger partial charge in [-0.05, 0) is 41.3 Å². The maximum atomic E-state index is 5.31. The highest BCUT2D eigenvalue weighted by Gasteiger charge is 1.99. The van der Waals surface area contributed by atoms with E-state index in [1.807, 2.05) is 6.07 Å². The van der Waals surface area contributed by atoms with E-state index in [9.17, 15) is 0 Å². The van der Waals surface area contributed by atoms with Crippen molar-refractivity contribution in [1.29, 1.82) is 0 Å². The molecule has 2 rings (SSSR count). The molecule has 0 radical (unpaired) electrons. The zero-order valence-corrected chi connectivity index (χ0v) is 13.5. The third kappa shape index (κ3) is 5.08. The van der Waals surface area contributed by atoms with Crippen LogP contribution in [0.4, 0.5) is 0 Å². The standard InChI is InChI=1S/C20H28O/c1-3-4-5-6-7-8-9-10-17-11-12-18-13-14-20(21-2)16-19(18)15-17/h11-16H,3-10H2,1-2H3. The van der Waals surface area contributed by atoms with Crippen molar-refractivity contribution in [2.75, 3.05) is 7.11 Å². The van der Waals surface area contributed by atoms with Crippen LogP contribution in [0, 0.1) is 0 Å². The molecule has 0 bridgehead atoms. The van der Waals surface area contributed by atoms with E-state index in [1.165, 1.54) is 67.7 Å². The highest BCUT2D eigenvalue weighted by molar-refractivity contribution is 5.84. The van der Waals surface area contributed by atoms with E-state index in [4.69, 9.17) is 4.74 Å². The van der Waals surface area contributed by atoms with Gasteiger partial charge >= 0.3 is 0 Å². The second-order valence-corrected chi connectivity index (χ2v) is 5.92. The predicted octanol–water partition coefficient (Wildman–Crippen LogP) is 6.14. The van der Waals surface area contributed by atoms with Crippen LogP contribution in [-0.4, -0.2) is 7.11 Å². The van der Waals surface area contributed by atoms with E-state index in [1.54, 1.807) is 7.11 Å². The number of hydrogen-bond acceptors (Lipinski definition) is 1. The van der Waals surface area contributed by atoms with Crippen molar-refractivity contribution in [3.8, 4) is 5.75 Å². The van der Waals surface area contributed by atoms with Gasteiger partial charge in [0, 0.05) is 0 Å². The molecule has 0 heterocycles. The average Bonchev–Trinajstić information content (AvgIpc) is 2.53. The van der Waals surface area contributed by atoms with E-state index >= 15 is 0 Å². The maximum Gasteiger partial charge on any atom is 0.119 e. The lowest BCUT2D eigenvalue weighted by molar-refractivity contribution is 0.415. The molecule has 21 heavy (non-hydrogen) atoms. The number of aryl methyl sites for hydroxylation is 1. The van der Waals surface area contributed by atoms with Crippen LogP contribution in [0.3, 0.4) is 0 Å². The fourth-order valence-corrected chi connectivity index (χ4v) is 2.84. The number of methoxy groups -OCH3 is 1. The highest BCUT2D eigenvalue weighted by atomic mass is 16.5. The second kappa shape index (κ2) is 8.71. The van der Waals surface area contributed by atoms with Gasteiger partial charge in [-0.25, -0.2) is 0 Å². The topological polar surface area (TPSA) is 9.23 Å². The van der Waals surface area contributed by atoms with E-state index < -0.39 is 0 Å².